The van der Waals surface area contributed by atoms with Crippen LogP contribution < -0.4 is 5.32 Å². The van der Waals surface area contributed by atoms with Crippen LogP contribution in [-0.2, 0) is 4.79 Å². The summed E-state index contributed by atoms with van der Waals surface area (Å²) in [5.74, 6) is -0.878. The summed E-state index contributed by atoms with van der Waals surface area (Å²) >= 11 is 0. The molecule has 2 heterocycles. The molecule has 0 aromatic carbocycles. The molecule has 1 atom stereocenters. The van der Waals surface area contributed by atoms with Crippen molar-refractivity contribution in [3.63, 3.8) is 0 Å². The summed E-state index contributed by atoms with van der Waals surface area (Å²) in [5.41, 5.74) is 1.12. The zero-order valence-corrected chi connectivity index (χ0v) is 9.87. The van der Waals surface area contributed by atoms with Crippen molar-refractivity contribution in [2.24, 2.45) is 5.92 Å². The molecule has 0 fully saturated rings. The van der Waals surface area contributed by atoms with Gasteiger partial charge in [0.1, 0.15) is 0 Å². The van der Waals surface area contributed by atoms with Gasteiger partial charge in [0.15, 0.2) is 11.6 Å². The van der Waals surface area contributed by atoms with Crippen LogP contribution >= 0.6 is 0 Å². The van der Waals surface area contributed by atoms with Crippen LogP contribution in [0.2, 0.25) is 0 Å². The maximum Gasteiger partial charge on any atom is 0.236 e. The number of rotatable bonds is 0. The van der Waals surface area contributed by atoms with E-state index in [0.29, 0.717) is 11.3 Å². The molecule has 0 bridgehead atoms. The van der Waals surface area contributed by atoms with Crippen molar-refractivity contribution in [1.29, 1.82) is 0 Å². The first-order valence-electron chi connectivity index (χ1n) is 5.29. The highest BCUT2D eigenvalue weighted by molar-refractivity contribution is 6.19. The van der Waals surface area contributed by atoms with Crippen molar-refractivity contribution in [1.82, 2.24) is 10.2 Å². The normalized spacial score (nSPS) is 18.1. The average Bonchev–Trinajstić information content (AvgIpc) is 2.30. The Bertz CT molecular complexity index is 429. The maximum atomic E-state index is 11.7. The van der Waals surface area contributed by atoms with Gasteiger partial charge in [-0.2, -0.15) is 5.10 Å². The molecule has 1 N–H and O–H groups in total. The third kappa shape index (κ3) is 2.08. The number of carbonyl (C=O) groups is 2. The van der Waals surface area contributed by atoms with Crippen LogP contribution in [0.3, 0.4) is 0 Å². The van der Waals surface area contributed by atoms with Crippen LogP contribution in [0.5, 0.6) is 0 Å². The molecule has 1 aliphatic rings. The van der Waals surface area contributed by atoms with Crippen molar-refractivity contribution in [3.05, 3.63) is 17.3 Å². The van der Waals surface area contributed by atoms with Gasteiger partial charge in [0.2, 0.25) is 5.91 Å². The van der Waals surface area contributed by atoms with E-state index in [1.807, 2.05) is 13.8 Å². The van der Waals surface area contributed by atoms with Gasteiger partial charge >= 0.3 is 0 Å². The minimum atomic E-state index is -0.633. The molecule has 0 saturated carbocycles. The van der Waals surface area contributed by atoms with Gasteiger partial charge < -0.3 is 5.32 Å². The van der Waals surface area contributed by atoms with E-state index in [1.165, 1.54) is 0 Å². The molecule has 0 saturated heterocycles. The van der Waals surface area contributed by atoms with E-state index in [-0.39, 0.29) is 17.5 Å². The zero-order chi connectivity index (χ0) is 12.3. The van der Waals surface area contributed by atoms with Crippen molar-refractivity contribution in [2.45, 2.75) is 27.7 Å². The molecular formula is C11H15N3O2. The molecule has 1 amide bonds. The molecule has 5 heteroatoms. The number of fused-ring (bicyclic) bond motifs is 1. The Hall–Kier alpha value is -1.78. The van der Waals surface area contributed by atoms with Gasteiger partial charge in [-0.15, -0.1) is 5.10 Å². The molecule has 5 nitrogen and oxygen atoms in total. The Morgan fingerprint density at radius 1 is 1.25 bits per heavy atom. The Morgan fingerprint density at radius 2 is 1.88 bits per heavy atom. The first kappa shape index (κ1) is 12.3. The van der Waals surface area contributed by atoms with Crippen molar-refractivity contribution >= 4 is 17.5 Å². The number of hydrogen-bond donors (Lipinski definition) is 1. The number of anilines is 1. The van der Waals surface area contributed by atoms with E-state index in [4.69, 9.17) is 0 Å². The van der Waals surface area contributed by atoms with Crippen LogP contribution in [-0.4, -0.2) is 21.9 Å². The molecular weight excluding hydrogens is 206 g/mol. The first-order valence-corrected chi connectivity index (χ1v) is 5.29. The smallest absolute Gasteiger partial charge is 0.236 e. The van der Waals surface area contributed by atoms with Crippen LogP contribution in [0.15, 0.2) is 6.07 Å². The maximum absolute atomic E-state index is 11.7. The summed E-state index contributed by atoms with van der Waals surface area (Å²) in [4.78, 5) is 22.9. The van der Waals surface area contributed by atoms with E-state index in [2.05, 4.69) is 15.5 Å². The third-order valence-corrected chi connectivity index (χ3v) is 2.21. The SMILES string of the molecule is CC.Cc1cc2c(nn1)NC(=O)C(C)C2=O. The van der Waals surface area contributed by atoms with E-state index < -0.39 is 5.92 Å². The fourth-order valence-corrected chi connectivity index (χ4v) is 1.35. The Kier molecular flexibility index (Phi) is 3.71. The van der Waals surface area contributed by atoms with Crippen LogP contribution in [0, 0.1) is 12.8 Å². The van der Waals surface area contributed by atoms with Gasteiger partial charge in [-0.1, -0.05) is 13.8 Å². The standard InChI is InChI=1S/C9H9N3O2.C2H6/c1-4-3-6-7(13)5(2)9(14)10-8(6)12-11-4;1-2/h3,5H,1-2H3,(H,10,12,14);1-2H3. The highest BCUT2D eigenvalue weighted by Gasteiger charge is 2.31. The van der Waals surface area contributed by atoms with Gasteiger partial charge in [0.25, 0.3) is 0 Å². The molecule has 16 heavy (non-hydrogen) atoms. The lowest BCUT2D eigenvalue weighted by Crippen LogP contribution is -2.34. The lowest BCUT2D eigenvalue weighted by Gasteiger charge is -2.18. The molecule has 86 valence electrons. The number of aromatic nitrogens is 2. The Balaban J connectivity index is 0.000000606. The van der Waals surface area contributed by atoms with Crippen molar-refractivity contribution in [3.8, 4) is 0 Å². The molecule has 1 aromatic rings. The van der Waals surface area contributed by atoms with E-state index in [1.54, 1.807) is 19.9 Å². The Labute approximate surface area is 94.3 Å². The van der Waals surface area contributed by atoms with Crippen molar-refractivity contribution < 1.29 is 9.59 Å². The van der Waals surface area contributed by atoms with Crippen molar-refractivity contribution in [2.75, 3.05) is 5.32 Å². The fraction of sp³-hybridized carbons (Fsp3) is 0.455. The van der Waals surface area contributed by atoms with E-state index in [0.717, 1.165) is 0 Å². The number of nitrogens with one attached hydrogen (secondary N) is 1. The second-order valence-electron chi connectivity index (χ2n) is 3.32. The molecule has 2 rings (SSSR count). The summed E-state index contributed by atoms with van der Waals surface area (Å²) in [6.07, 6.45) is 0. The predicted molar refractivity (Wildman–Crippen MR) is 60.2 cm³/mol. The lowest BCUT2D eigenvalue weighted by atomic mass is 9.95. The van der Waals surface area contributed by atoms with E-state index >= 15 is 0 Å². The predicted octanol–water partition coefficient (Wildman–Crippen LogP) is 1.58. The Morgan fingerprint density at radius 3 is 2.50 bits per heavy atom. The molecule has 1 aliphatic heterocycles. The quantitative estimate of drug-likeness (QED) is 0.675. The highest BCUT2D eigenvalue weighted by Crippen LogP contribution is 2.22. The minimum absolute atomic E-state index is 0.193. The summed E-state index contributed by atoms with van der Waals surface area (Å²) in [5, 5.41) is 10.1. The number of amides is 1. The largest absolute Gasteiger partial charge is 0.308 e. The molecule has 1 aromatic heterocycles. The van der Waals surface area contributed by atoms with Gasteiger partial charge in [-0.3, -0.25) is 9.59 Å². The topological polar surface area (TPSA) is 72.0 Å². The summed E-state index contributed by atoms with van der Waals surface area (Å²) in [7, 11) is 0. The molecule has 0 spiro atoms. The van der Waals surface area contributed by atoms with Gasteiger partial charge in [0, 0.05) is 0 Å². The van der Waals surface area contributed by atoms with Gasteiger partial charge in [-0.05, 0) is 19.9 Å². The van der Waals surface area contributed by atoms with Crippen LogP contribution in [0.4, 0.5) is 5.82 Å². The second-order valence-corrected chi connectivity index (χ2v) is 3.32. The zero-order valence-electron chi connectivity index (χ0n) is 9.87. The minimum Gasteiger partial charge on any atom is -0.308 e. The average molecular weight is 221 g/mol. The van der Waals surface area contributed by atoms with Gasteiger partial charge in [-0.25, -0.2) is 0 Å². The second kappa shape index (κ2) is 4.83. The number of Topliss-reactive ketones (excluding diaryl/α,β-unsaturated/α-hetero) is 1. The molecule has 1 unspecified atom stereocenters. The van der Waals surface area contributed by atoms with Gasteiger partial charge in [0.05, 0.1) is 17.2 Å². The lowest BCUT2D eigenvalue weighted by molar-refractivity contribution is -0.118. The van der Waals surface area contributed by atoms with E-state index in [9.17, 15) is 9.59 Å². The summed E-state index contributed by atoms with van der Waals surface area (Å²) in [6.45, 7) is 7.33. The molecule has 0 aliphatic carbocycles. The molecule has 0 radical (unpaired) electrons. The van der Waals surface area contributed by atoms with Crippen LogP contribution in [0.1, 0.15) is 36.8 Å². The highest BCUT2D eigenvalue weighted by atomic mass is 16.2. The number of aryl methyl sites for hydroxylation is 1. The summed E-state index contributed by atoms with van der Waals surface area (Å²) < 4.78 is 0. The third-order valence-electron chi connectivity index (χ3n) is 2.21. The monoisotopic (exact) mass is 221 g/mol. The fourth-order valence-electron chi connectivity index (χ4n) is 1.35. The number of hydrogen-bond acceptors (Lipinski definition) is 4. The number of ketones is 1. The number of nitrogens with zero attached hydrogens (tertiary/aromatic N) is 2. The first-order chi connectivity index (χ1) is 7.59. The number of carbonyl (C=O) groups excluding carboxylic acids is 2. The summed E-state index contributed by atoms with van der Waals surface area (Å²) in [6, 6.07) is 1.64. The van der Waals surface area contributed by atoms with Crippen LogP contribution in [0.25, 0.3) is 0 Å².